The second-order valence-electron chi connectivity index (χ2n) is 9.85. The number of rotatable bonds is 9. The van der Waals surface area contributed by atoms with Gasteiger partial charge in [0.15, 0.2) is 6.29 Å². The van der Waals surface area contributed by atoms with Crippen molar-refractivity contribution >= 4 is 11.6 Å². The van der Waals surface area contributed by atoms with Crippen molar-refractivity contribution in [2.75, 3.05) is 18.9 Å². The molecule has 4 aromatic rings. The first-order chi connectivity index (χ1) is 19.1. The first-order valence-corrected chi connectivity index (χ1v) is 13.1. The number of aromatic nitrogens is 1. The van der Waals surface area contributed by atoms with Crippen molar-refractivity contribution < 1.29 is 19.4 Å². The summed E-state index contributed by atoms with van der Waals surface area (Å²) in [5, 5.41) is 12.4. The van der Waals surface area contributed by atoms with Crippen LogP contribution in [0.15, 0.2) is 103 Å². The van der Waals surface area contributed by atoms with Crippen molar-refractivity contribution in [2.45, 2.75) is 38.1 Å². The van der Waals surface area contributed by atoms with E-state index in [1.165, 1.54) is 11.8 Å². The molecule has 1 aromatic heterocycles. The minimum Gasteiger partial charge on any atom is -0.392 e. The van der Waals surface area contributed by atoms with Gasteiger partial charge in [-0.1, -0.05) is 66.7 Å². The molecule has 3 atom stereocenters. The maximum atomic E-state index is 12.5. The maximum absolute atomic E-state index is 12.5. The van der Waals surface area contributed by atoms with Crippen molar-refractivity contribution in [1.29, 1.82) is 0 Å². The van der Waals surface area contributed by atoms with E-state index >= 15 is 0 Å². The fraction of sp³-hybridized carbons (Fsp3) is 0.250. The molecule has 1 aliphatic heterocycles. The van der Waals surface area contributed by atoms with Crippen LogP contribution in [-0.4, -0.2) is 40.6 Å². The summed E-state index contributed by atoms with van der Waals surface area (Å²) in [6.45, 7) is 1.58. The molecule has 200 valence electrons. The monoisotopic (exact) mass is 523 g/mol. The van der Waals surface area contributed by atoms with Gasteiger partial charge in [0.2, 0.25) is 0 Å². The average Bonchev–Trinajstić information content (AvgIpc) is 2.98. The van der Waals surface area contributed by atoms with Gasteiger partial charge < -0.3 is 19.9 Å². The third kappa shape index (κ3) is 7.16. The summed E-state index contributed by atoms with van der Waals surface area (Å²) < 4.78 is 12.9. The molecular weight excluding hydrogens is 490 g/mol. The average molecular weight is 524 g/mol. The number of aliphatic hydroxyl groups is 1. The lowest BCUT2D eigenvalue weighted by Gasteiger charge is -2.38. The summed E-state index contributed by atoms with van der Waals surface area (Å²) in [4.78, 5) is 18.8. The maximum Gasteiger partial charge on any atom is 0.257 e. The molecule has 0 bridgehead atoms. The molecule has 3 aromatic carbocycles. The molecule has 0 aliphatic carbocycles. The molecule has 1 aliphatic rings. The van der Waals surface area contributed by atoms with Gasteiger partial charge in [0.1, 0.15) is 0 Å². The second kappa shape index (κ2) is 12.8. The Morgan fingerprint density at radius 2 is 1.67 bits per heavy atom. The van der Waals surface area contributed by atoms with Crippen molar-refractivity contribution in [3.8, 4) is 0 Å². The van der Waals surface area contributed by atoms with E-state index in [1.807, 2.05) is 54.6 Å². The van der Waals surface area contributed by atoms with Crippen LogP contribution >= 0.6 is 0 Å². The lowest BCUT2D eigenvalue weighted by molar-refractivity contribution is -0.252. The second-order valence-corrected chi connectivity index (χ2v) is 9.85. The highest BCUT2D eigenvalue weighted by Gasteiger charge is 2.32. The van der Waals surface area contributed by atoms with E-state index in [0.29, 0.717) is 17.7 Å². The van der Waals surface area contributed by atoms with E-state index in [9.17, 15) is 9.90 Å². The minimum atomic E-state index is -0.556. The van der Waals surface area contributed by atoms with E-state index in [-0.39, 0.29) is 24.7 Å². The van der Waals surface area contributed by atoms with Crippen molar-refractivity contribution in [1.82, 2.24) is 9.88 Å². The first kappa shape index (κ1) is 26.7. The molecule has 0 saturated carbocycles. The summed E-state index contributed by atoms with van der Waals surface area (Å²) in [6.07, 6.45) is 3.13. The largest absolute Gasteiger partial charge is 0.392 e. The molecular formula is C32H33N3O4. The number of likely N-dealkylation sites (N-methyl/N-ethyl adjacent to an activating group) is 1. The number of pyridine rings is 1. The third-order valence-corrected chi connectivity index (χ3v) is 6.79. The summed E-state index contributed by atoms with van der Waals surface area (Å²) in [6, 6.07) is 29.3. The number of nitrogens with one attached hydrogen (secondary N) is 1. The van der Waals surface area contributed by atoms with Crippen LogP contribution in [0.3, 0.4) is 0 Å². The van der Waals surface area contributed by atoms with Gasteiger partial charge in [-0.05, 0) is 48.0 Å². The topological polar surface area (TPSA) is 83.9 Å². The number of nitrogens with zero attached hydrogens (tertiary/aromatic N) is 2. The van der Waals surface area contributed by atoms with Crippen LogP contribution in [0.25, 0.3) is 0 Å². The van der Waals surface area contributed by atoms with Gasteiger partial charge in [-0.25, -0.2) is 0 Å². The number of carbonyl (C=O) groups is 1. The molecule has 2 heterocycles. The predicted octanol–water partition coefficient (Wildman–Crippen LogP) is 5.50. The quantitative estimate of drug-likeness (QED) is 0.301. The van der Waals surface area contributed by atoms with E-state index in [0.717, 1.165) is 29.8 Å². The number of benzene rings is 3. The Morgan fingerprint density at radius 1 is 0.923 bits per heavy atom. The van der Waals surface area contributed by atoms with Crippen LogP contribution < -0.4 is 5.32 Å². The Bertz CT molecular complexity index is 1330. The molecule has 0 unspecified atom stereocenters. The summed E-state index contributed by atoms with van der Waals surface area (Å²) in [5.74, 6) is -0.214. The molecule has 7 nitrogen and oxygen atoms in total. The molecule has 5 rings (SSSR count). The molecule has 7 heteroatoms. The smallest absolute Gasteiger partial charge is 0.257 e. The zero-order valence-corrected chi connectivity index (χ0v) is 21.9. The molecule has 1 amide bonds. The fourth-order valence-corrected chi connectivity index (χ4v) is 4.76. The fourth-order valence-electron chi connectivity index (χ4n) is 4.76. The zero-order chi connectivity index (χ0) is 27.0. The highest BCUT2D eigenvalue weighted by atomic mass is 16.7. The van der Waals surface area contributed by atoms with Gasteiger partial charge >= 0.3 is 0 Å². The Balaban J connectivity index is 1.30. The lowest BCUT2D eigenvalue weighted by Crippen LogP contribution is -2.37. The van der Waals surface area contributed by atoms with Crippen molar-refractivity contribution in [2.24, 2.45) is 0 Å². The van der Waals surface area contributed by atoms with Crippen LogP contribution in [0.5, 0.6) is 0 Å². The number of aliphatic hydroxyl groups excluding tert-OH is 1. The van der Waals surface area contributed by atoms with E-state index in [2.05, 4.69) is 46.5 Å². The number of hydrogen-bond acceptors (Lipinski definition) is 6. The van der Waals surface area contributed by atoms with Crippen LogP contribution in [0.1, 0.15) is 51.4 Å². The van der Waals surface area contributed by atoms with Crippen molar-refractivity contribution in [3.05, 3.63) is 131 Å². The van der Waals surface area contributed by atoms with Gasteiger partial charge in [0.25, 0.3) is 5.91 Å². The number of carbonyl (C=O) groups excluding carboxylic acids is 1. The lowest BCUT2D eigenvalue weighted by atomic mass is 9.99. The predicted molar refractivity (Wildman–Crippen MR) is 150 cm³/mol. The van der Waals surface area contributed by atoms with Gasteiger partial charge in [-0.2, -0.15) is 0 Å². The van der Waals surface area contributed by atoms with Crippen LogP contribution in [0.2, 0.25) is 0 Å². The van der Waals surface area contributed by atoms with E-state index in [4.69, 9.17) is 9.47 Å². The van der Waals surface area contributed by atoms with Gasteiger partial charge in [0, 0.05) is 43.2 Å². The number of amides is 1. The van der Waals surface area contributed by atoms with E-state index in [1.54, 1.807) is 18.3 Å². The van der Waals surface area contributed by atoms with Gasteiger partial charge in [-0.15, -0.1) is 0 Å². The number of anilines is 1. The molecule has 0 spiro atoms. The number of ether oxygens (including phenoxy) is 2. The first-order valence-electron chi connectivity index (χ1n) is 13.1. The SMILES string of the molecule is CN(Cc1ccccc1)C[C@H]1C[C@@H](c2ccc(CO)cc2)O[C@@H](c2ccc(NC(=O)c3cccnc3)cc2)O1. The zero-order valence-electron chi connectivity index (χ0n) is 21.9. The van der Waals surface area contributed by atoms with E-state index < -0.39 is 6.29 Å². The standard InChI is InChI=1S/C32H33N3O4/c1-35(20-23-6-3-2-4-7-23)21-29-18-30(25-11-9-24(22-36)10-12-25)39-32(38-29)26-13-15-28(16-14-26)34-31(37)27-8-5-17-33-19-27/h2-17,19,29-30,32,36H,18,20-22H2,1H3,(H,34,37)/t29-,30+,32+/m1/s1. The Morgan fingerprint density at radius 3 is 2.36 bits per heavy atom. The molecule has 2 N–H and O–H groups in total. The number of hydrogen-bond donors (Lipinski definition) is 2. The molecule has 1 saturated heterocycles. The Kier molecular flexibility index (Phi) is 8.75. The molecule has 0 radical (unpaired) electrons. The molecule has 1 fully saturated rings. The van der Waals surface area contributed by atoms with Crippen LogP contribution in [-0.2, 0) is 22.6 Å². The van der Waals surface area contributed by atoms with Crippen molar-refractivity contribution in [3.63, 3.8) is 0 Å². The van der Waals surface area contributed by atoms with Gasteiger partial charge in [0.05, 0.1) is 24.4 Å². The summed E-state index contributed by atoms with van der Waals surface area (Å²) in [5.41, 5.74) is 5.23. The summed E-state index contributed by atoms with van der Waals surface area (Å²) >= 11 is 0. The molecule has 39 heavy (non-hydrogen) atoms. The normalized spacial score (nSPS) is 19.1. The Hall–Kier alpha value is -3.88. The summed E-state index contributed by atoms with van der Waals surface area (Å²) in [7, 11) is 2.10. The third-order valence-electron chi connectivity index (χ3n) is 6.79. The Labute approximate surface area is 229 Å². The van der Waals surface area contributed by atoms with Crippen LogP contribution in [0.4, 0.5) is 5.69 Å². The van der Waals surface area contributed by atoms with Crippen LogP contribution in [0, 0.1) is 0 Å². The highest BCUT2D eigenvalue weighted by Crippen LogP contribution is 2.38. The minimum absolute atomic E-state index is 0.00805. The highest BCUT2D eigenvalue weighted by molar-refractivity contribution is 6.04. The van der Waals surface area contributed by atoms with Gasteiger partial charge in [-0.3, -0.25) is 14.7 Å².